The van der Waals surface area contributed by atoms with Crippen molar-refractivity contribution in [1.29, 1.82) is 5.41 Å². The third-order valence-electron chi connectivity index (χ3n) is 1.60. The maximum absolute atomic E-state index is 11.0. The van der Waals surface area contributed by atoms with Crippen molar-refractivity contribution < 1.29 is 9.53 Å². The normalized spacial score (nSPS) is 10.4. The van der Waals surface area contributed by atoms with Crippen molar-refractivity contribution in [2.24, 2.45) is 11.5 Å². The number of esters is 1. The van der Waals surface area contributed by atoms with E-state index in [1.165, 1.54) is 0 Å². The monoisotopic (exact) mass is 274 g/mol. The van der Waals surface area contributed by atoms with Gasteiger partial charge in [-0.1, -0.05) is 0 Å². The molecular formula is C8H20Cl2N4O2. The van der Waals surface area contributed by atoms with E-state index in [0.29, 0.717) is 26.0 Å². The predicted octanol–water partition coefficient (Wildman–Crippen LogP) is -0.0163. The molecule has 0 unspecified atom stereocenters. The average Bonchev–Trinajstić information content (AvgIpc) is 2.12. The molecule has 0 saturated heterocycles. The van der Waals surface area contributed by atoms with Crippen molar-refractivity contribution in [3.05, 3.63) is 0 Å². The van der Waals surface area contributed by atoms with E-state index < -0.39 is 6.04 Å². The topological polar surface area (TPSA) is 114 Å². The van der Waals surface area contributed by atoms with E-state index in [1.807, 2.05) is 0 Å². The minimum atomic E-state index is -0.580. The van der Waals surface area contributed by atoms with Crippen molar-refractivity contribution in [2.45, 2.75) is 25.8 Å². The van der Waals surface area contributed by atoms with Crippen LogP contribution in [0.15, 0.2) is 0 Å². The molecule has 1 atom stereocenters. The van der Waals surface area contributed by atoms with Gasteiger partial charge in [-0.15, -0.1) is 24.8 Å². The first kappa shape index (κ1) is 20.7. The highest BCUT2D eigenvalue weighted by molar-refractivity contribution is 5.85. The molecule has 0 heterocycles. The summed E-state index contributed by atoms with van der Waals surface area (Å²) in [6.45, 7) is 2.63. The molecule has 0 aromatic carbocycles. The van der Waals surface area contributed by atoms with Gasteiger partial charge in [0.05, 0.1) is 6.61 Å². The van der Waals surface area contributed by atoms with Gasteiger partial charge in [0.15, 0.2) is 5.96 Å². The second-order valence-corrected chi connectivity index (χ2v) is 2.84. The number of halogens is 2. The largest absolute Gasteiger partial charge is 0.465 e. The lowest BCUT2D eigenvalue weighted by Gasteiger charge is -2.10. The summed E-state index contributed by atoms with van der Waals surface area (Å²) in [5.74, 6) is -0.454. The minimum absolute atomic E-state index is 0. The Kier molecular flexibility index (Phi) is 15.9. The second-order valence-electron chi connectivity index (χ2n) is 2.84. The summed E-state index contributed by atoms with van der Waals surface area (Å²) in [7, 11) is 0. The Bertz CT molecular complexity index is 204. The van der Waals surface area contributed by atoms with Crippen LogP contribution in [0.4, 0.5) is 0 Å². The molecule has 0 saturated carbocycles. The van der Waals surface area contributed by atoms with E-state index in [2.05, 4.69) is 5.32 Å². The van der Waals surface area contributed by atoms with Crippen molar-refractivity contribution in [3.63, 3.8) is 0 Å². The lowest BCUT2D eigenvalue weighted by atomic mass is 10.2. The van der Waals surface area contributed by atoms with E-state index in [0.717, 1.165) is 0 Å². The Morgan fingerprint density at radius 1 is 1.50 bits per heavy atom. The van der Waals surface area contributed by atoms with Gasteiger partial charge in [-0.3, -0.25) is 10.2 Å². The van der Waals surface area contributed by atoms with Crippen LogP contribution in [0.25, 0.3) is 0 Å². The first-order valence-electron chi connectivity index (χ1n) is 4.58. The number of carbonyl (C=O) groups excluding carboxylic acids is 1. The van der Waals surface area contributed by atoms with Gasteiger partial charge in [-0.25, -0.2) is 0 Å². The fourth-order valence-electron chi connectivity index (χ4n) is 0.912. The zero-order chi connectivity index (χ0) is 11.0. The van der Waals surface area contributed by atoms with Crippen LogP contribution in [0.5, 0.6) is 0 Å². The predicted molar refractivity (Wildman–Crippen MR) is 68.3 cm³/mol. The number of hydrogen-bond acceptors (Lipinski definition) is 4. The lowest BCUT2D eigenvalue weighted by molar-refractivity contribution is -0.144. The number of hydrogen-bond donors (Lipinski definition) is 4. The van der Waals surface area contributed by atoms with Gasteiger partial charge in [0.2, 0.25) is 0 Å². The Labute approximate surface area is 108 Å². The maximum atomic E-state index is 11.0. The Morgan fingerprint density at radius 2 is 2.06 bits per heavy atom. The van der Waals surface area contributed by atoms with Gasteiger partial charge in [-0.05, 0) is 19.8 Å². The molecule has 6 nitrogen and oxygen atoms in total. The zero-order valence-corrected chi connectivity index (χ0v) is 10.8. The number of carbonyl (C=O) groups is 1. The molecule has 0 aromatic heterocycles. The standard InChI is InChI=1S/C8H18N4O2.2ClH/c1-2-14-7(13)6(9)4-3-5-12-8(10)11;;/h6H,2-5,9H2,1H3,(H4,10,11,12);2*1H/t6-;;/m0../s1. The first-order chi connectivity index (χ1) is 6.57. The summed E-state index contributed by atoms with van der Waals surface area (Å²) in [6, 6.07) is -0.580. The van der Waals surface area contributed by atoms with Crippen LogP contribution in [0, 0.1) is 5.41 Å². The fraction of sp³-hybridized carbons (Fsp3) is 0.750. The number of nitrogens with one attached hydrogen (secondary N) is 2. The molecule has 0 aliphatic heterocycles. The van der Waals surface area contributed by atoms with Crippen molar-refractivity contribution >= 4 is 36.7 Å². The molecule has 0 aromatic rings. The van der Waals surface area contributed by atoms with Crippen LogP contribution in [0.1, 0.15) is 19.8 Å². The van der Waals surface area contributed by atoms with Crippen LogP contribution in [-0.2, 0) is 9.53 Å². The third kappa shape index (κ3) is 11.4. The molecular weight excluding hydrogens is 255 g/mol. The molecule has 0 radical (unpaired) electrons. The van der Waals surface area contributed by atoms with Gasteiger partial charge in [0.25, 0.3) is 0 Å². The molecule has 0 rings (SSSR count). The SMILES string of the molecule is CCOC(=O)[C@@H](N)CCCNC(=N)N.Cl.Cl. The Hall–Kier alpha value is -0.720. The van der Waals surface area contributed by atoms with E-state index in [9.17, 15) is 4.79 Å². The van der Waals surface area contributed by atoms with Gasteiger partial charge < -0.3 is 21.5 Å². The van der Waals surface area contributed by atoms with E-state index in [-0.39, 0.29) is 36.7 Å². The van der Waals surface area contributed by atoms with Crippen LogP contribution >= 0.6 is 24.8 Å². The molecule has 0 aliphatic carbocycles. The maximum Gasteiger partial charge on any atom is 0.322 e. The molecule has 0 spiro atoms. The molecule has 0 fully saturated rings. The number of rotatable bonds is 6. The highest BCUT2D eigenvalue weighted by atomic mass is 35.5. The molecule has 8 heteroatoms. The summed E-state index contributed by atoms with van der Waals surface area (Å²) in [6.07, 6.45) is 1.21. The number of ether oxygens (including phenoxy) is 1. The van der Waals surface area contributed by atoms with Crippen LogP contribution in [0.2, 0.25) is 0 Å². The fourth-order valence-corrected chi connectivity index (χ4v) is 0.912. The second kappa shape index (κ2) is 12.4. The minimum Gasteiger partial charge on any atom is -0.465 e. The van der Waals surface area contributed by atoms with E-state index in [1.54, 1.807) is 6.92 Å². The third-order valence-corrected chi connectivity index (χ3v) is 1.60. The van der Waals surface area contributed by atoms with Crippen LogP contribution < -0.4 is 16.8 Å². The zero-order valence-electron chi connectivity index (χ0n) is 9.19. The summed E-state index contributed by atoms with van der Waals surface area (Å²) in [4.78, 5) is 11.0. The summed E-state index contributed by atoms with van der Waals surface area (Å²) < 4.78 is 4.73. The Morgan fingerprint density at radius 3 is 2.50 bits per heavy atom. The molecule has 0 amide bonds. The summed E-state index contributed by atoms with van der Waals surface area (Å²) in [5, 5.41) is 9.50. The van der Waals surface area contributed by atoms with E-state index >= 15 is 0 Å². The highest BCUT2D eigenvalue weighted by Gasteiger charge is 2.13. The molecule has 16 heavy (non-hydrogen) atoms. The van der Waals surface area contributed by atoms with Crippen LogP contribution in [-0.4, -0.2) is 31.1 Å². The molecule has 0 aliphatic rings. The lowest BCUT2D eigenvalue weighted by Crippen LogP contribution is -2.35. The Balaban J connectivity index is -0.000000845. The smallest absolute Gasteiger partial charge is 0.322 e. The summed E-state index contributed by atoms with van der Waals surface area (Å²) >= 11 is 0. The van der Waals surface area contributed by atoms with E-state index in [4.69, 9.17) is 21.6 Å². The molecule has 0 bridgehead atoms. The van der Waals surface area contributed by atoms with Crippen molar-refractivity contribution in [2.75, 3.05) is 13.2 Å². The number of nitrogens with two attached hydrogens (primary N) is 2. The van der Waals surface area contributed by atoms with Crippen LogP contribution in [0.3, 0.4) is 0 Å². The quantitative estimate of drug-likeness (QED) is 0.235. The van der Waals surface area contributed by atoms with Crippen molar-refractivity contribution in [1.82, 2.24) is 5.32 Å². The molecule has 98 valence electrons. The van der Waals surface area contributed by atoms with Gasteiger partial charge >= 0.3 is 5.97 Å². The molecule has 6 N–H and O–H groups in total. The van der Waals surface area contributed by atoms with Gasteiger partial charge in [0.1, 0.15) is 6.04 Å². The van der Waals surface area contributed by atoms with Gasteiger partial charge in [-0.2, -0.15) is 0 Å². The first-order valence-corrected chi connectivity index (χ1v) is 4.58. The number of guanidine groups is 1. The summed E-state index contributed by atoms with van der Waals surface area (Å²) in [5.41, 5.74) is 10.6. The van der Waals surface area contributed by atoms with Gasteiger partial charge in [0, 0.05) is 6.54 Å². The average molecular weight is 275 g/mol. The van der Waals surface area contributed by atoms with Crippen molar-refractivity contribution in [3.8, 4) is 0 Å². The highest BCUT2D eigenvalue weighted by Crippen LogP contribution is 1.95.